The van der Waals surface area contributed by atoms with Gasteiger partial charge in [0.15, 0.2) is 0 Å². The summed E-state index contributed by atoms with van der Waals surface area (Å²) in [5, 5.41) is 7.48. The first kappa shape index (κ1) is 13.6. The summed E-state index contributed by atoms with van der Waals surface area (Å²) < 4.78 is 0. The van der Waals surface area contributed by atoms with Crippen molar-refractivity contribution in [2.24, 2.45) is 5.92 Å². The van der Waals surface area contributed by atoms with E-state index in [1.807, 2.05) is 11.3 Å². The molecule has 1 saturated carbocycles. The molecule has 0 amide bonds. The molecule has 0 radical (unpaired) electrons. The van der Waals surface area contributed by atoms with Crippen molar-refractivity contribution in [2.75, 3.05) is 6.54 Å². The molecule has 1 aliphatic carbocycles. The second-order valence-electron chi connectivity index (χ2n) is 6.10. The lowest BCUT2D eigenvalue weighted by Crippen LogP contribution is -2.38. The van der Waals surface area contributed by atoms with Gasteiger partial charge in [0.05, 0.1) is 0 Å². The van der Waals surface area contributed by atoms with Crippen LogP contribution in [0.25, 0.3) is 0 Å². The largest absolute Gasteiger partial charge is 0.310 e. The summed E-state index contributed by atoms with van der Waals surface area (Å²) in [6.45, 7) is 4.40. The molecule has 3 heteroatoms. The van der Waals surface area contributed by atoms with Crippen molar-refractivity contribution in [3.8, 4) is 0 Å². The monoisotopic (exact) mass is 278 g/mol. The van der Waals surface area contributed by atoms with Gasteiger partial charge in [0.25, 0.3) is 0 Å². The average molecular weight is 278 g/mol. The maximum Gasteiger partial charge on any atom is 0.0300 e. The summed E-state index contributed by atoms with van der Waals surface area (Å²) in [6.07, 6.45) is 8.31. The first-order valence-electron chi connectivity index (χ1n) is 7.89. The van der Waals surface area contributed by atoms with Crippen molar-refractivity contribution in [2.45, 2.75) is 64.1 Å². The Morgan fingerprint density at radius 2 is 2.11 bits per heavy atom. The van der Waals surface area contributed by atoms with Crippen molar-refractivity contribution in [3.05, 3.63) is 21.9 Å². The van der Waals surface area contributed by atoms with E-state index in [2.05, 4.69) is 29.7 Å². The summed E-state index contributed by atoms with van der Waals surface area (Å²) >= 11 is 1.95. The second kappa shape index (κ2) is 6.38. The van der Waals surface area contributed by atoms with Gasteiger partial charge in [-0.2, -0.15) is 0 Å². The molecule has 0 bridgehead atoms. The summed E-state index contributed by atoms with van der Waals surface area (Å²) in [5.41, 5.74) is 0. The molecule has 1 aromatic rings. The van der Waals surface area contributed by atoms with Gasteiger partial charge in [-0.05, 0) is 43.7 Å². The van der Waals surface area contributed by atoms with Gasteiger partial charge in [-0.3, -0.25) is 0 Å². The Labute approximate surface area is 121 Å². The van der Waals surface area contributed by atoms with E-state index in [1.165, 1.54) is 41.9 Å². The zero-order chi connectivity index (χ0) is 13.1. The van der Waals surface area contributed by atoms with Crippen LogP contribution in [0.5, 0.6) is 0 Å². The Morgan fingerprint density at radius 3 is 2.89 bits per heavy atom. The van der Waals surface area contributed by atoms with E-state index in [-0.39, 0.29) is 0 Å². The van der Waals surface area contributed by atoms with E-state index in [0.717, 1.165) is 31.5 Å². The van der Waals surface area contributed by atoms with Gasteiger partial charge in [0, 0.05) is 34.9 Å². The first-order valence-corrected chi connectivity index (χ1v) is 8.71. The van der Waals surface area contributed by atoms with Gasteiger partial charge in [-0.15, -0.1) is 11.3 Å². The van der Waals surface area contributed by atoms with Crippen LogP contribution < -0.4 is 10.6 Å². The smallest absolute Gasteiger partial charge is 0.0300 e. The standard InChI is InChI=1S/C16H26N2S/c1-2-14-7-8-15(19-14)11-17-10-13-9-12-5-3-4-6-16(12)18-13/h7-8,12-13,16-18H,2-6,9-11H2,1H3. The molecule has 2 N–H and O–H groups in total. The maximum atomic E-state index is 3.84. The quantitative estimate of drug-likeness (QED) is 0.863. The fourth-order valence-corrected chi connectivity index (χ4v) is 4.59. The molecule has 106 valence electrons. The number of hydrogen-bond donors (Lipinski definition) is 2. The Balaban J connectivity index is 1.40. The Morgan fingerprint density at radius 1 is 1.26 bits per heavy atom. The normalized spacial score (nSPS) is 30.5. The number of fused-ring (bicyclic) bond motifs is 1. The molecular formula is C16H26N2S. The number of rotatable bonds is 5. The summed E-state index contributed by atoms with van der Waals surface area (Å²) in [4.78, 5) is 2.98. The van der Waals surface area contributed by atoms with Crippen LogP contribution in [0.1, 0.15) is 48.8 Å². The molecule has 0 spiro atoms. The van der Waals surface area contributed by atoms with E-state index >= 15 is 0 Å². The summed E-state index contributed by atoms with van der Waals surface area (Å²) in [7, 11) is 0. The van der Waals surface area contributed by atoms with E-state index in [9.17, 15) is 0 Å². The number of hydrogen-bond acceptors (Lipinski definition) is 3. The van der Waals surface area contributed by atoms with Gasteiger partial charge in [-0.25, -0.2) is 0 Å². The third-order valence-corrected chi connectivity index (χ3v) is 5.93. The molecule has 2 heterocycles. The van der Waals surface area contributed by atoms with Gasteiger partial charge < -0.3 is 10.6 Å². The number of nitrogens with one attached hydrogen (secondary N) is 2. The Bertz CT molecular complexity index is 387. The van der Waals surface area contributed by atoms with Crippen molar-refractivity contribution >= 4 is 11.3 Å². The van der Waals surface area contributed by atoms with Crippen molar-refractivity contribution in [1.82, 2.24) is 10.6 Å². The second-order valence-corrected chi connectivity index (χ2v) is 7.36. The van der Waals surface area contributed by atoms with Crippen LogP contribution in [0, 0.1) is 5.92 Å². The van der Waals surface area contributed by atoms with Crippen LogP contribution in [0.4, 0.5) is 0 Å². The van der Waals surface area contributed by atoms with Gasteiger partial charge in [-0.1, -0.05) is 19.8 Å². The molecule has 3 atom stereocenters. The van der Waals surface area contributed by atoms with Crippen LogP contribution in [-0.4, -0.2) is 18.6 Å². The zero-order valence-corrected chi connectivity index (χ0v) is 12.8. The van der Waals surface area contributed by atoms with Crippen LogP contribution in [0.15, 0.2) is 12.1 Å². The molecule has 1 aromatic heterocycles. The molecule has 1 saturated heterocycles. The van der Waals surface area contributed by atoms with Crippen LogP contribution in [0.2, 0.25) is 0 Å². The van der Waals surface area contributed by atoms with E-state index in [1.54, 1.807) is 0 Å². The molecular weight excluding hydrogens is 252 g/mol. The van der Waals surface area contributed by atoms with Crippen LogP contribution >= 0.6 is 11.3 Å². The lowest BCUT2D eigenvalue weighted by atomic mass is 9.85. The van der Waals surface area contributed by atoms with Crippen LogP contribution in [-0.2, 0) is 13.0 Å². The highest BCUT2D eigenvalue weighted by molar-refractivity contribution is 7.11. The van der Waals surface area contributed by atoms with Gasteiger partial charge in [0.2, 0.25) is 0 Å². The van der Waals surface area contributed by atoms with Crippen molar-refractivity contribution in [1.29, 1.82) is 0 Å². The lowest BCUT2D eigenvalue weighted by molar-refractivity contribution is 0.325. The SMILES string of the molecule is CCc1ccc(CNCC2CC3CCCCC3N2)s1. The Hall–Kier alpha value is -0.380. The highest BCUT2D eigenvalue weighted by Crippen LogP contribution is 2.32. The minimum absolute atomic E-state index is 0.707. The molecule has 3 unspecified atom stereocenters. The van der Waals surface area contributed by atoms with Gasteiger partial charge >= 0.3 is 0 Å². The maximum absolute atomic E-state index is 3.84. The summed E-state index contributed by atoms with van der Waals surface area (Å²) in [6, 6.07) is 6.08. The highest BCUT2D eigenvalue weighted by atomic mass is 32.1. The number of thiophene rings is 1. The highest BCUT2D eigenvalue weighted by Gasteiger charge is 2.34. The van der Waals surface area contributed by atoms with Crippen LogP contribution in [0.3, 0.4) is 0 Å². The zero-order valence-electron chi connectivity index (χ0n) is 12.0. The molecule has 2 nitrogen and oxygen atoms in total. The summed E-state index contributed by atoms with van der Waals surface area (Å²) in [5.74, 6) is 0.967. The fourth-order valence-electron chi connectivity index (χ4n) is 3.66. The predicted molar refractivity (Wildman–Crippen MR) is 82.7 cm³/mol. The predicted octanol–water partition coefficient (Wildman–Crippen LogP) is 3.32. The lowest BCUT2D eigenvalue weighted by Gasteiger charge is -2.24. The fraction of sp³-hybridized carbons (Fsp3) is 0.750. The van der Waals surface area contributed by atoms with E-state index in [0.29, 0.717) is 6.04 Å². The molecule has 0 aromatic carbocycles. The third kappa shape index (κ3) is 3.39. The Kier molecular flexibility index (Phi) is 4.57. The minimum Gasteiger partial charge on any atom is -0.310 e. The third-order valence-electron chi connectivity index (χ3n) is 4.70. The van der Waals surface area contributed by atoms with Crippen molar-refractivity contribution < 1.29 is 0 Å². The van der Waals surface area contributed by atoms with Gasteiger partial charge in [0.1, 0.15) is 0 Å². The van der Waals surface area contributed by atoms with Crippen molar-refractivity contribution in [3.63, 3.8) is 0 Å². The van der Waals surface area contributed by atoms with E-state index < -0.39 is 0 Å². The molecule has 3 rings (SSSR count). The average Bonchev–Trinajstić information content (AvgIpc) is 3.04. The molecule has 19 heavy (non-hydrogen) atoms. The topological polar surface area (TPSA) is 24.1 Å². The molecule has 1 aliphatic heterocycles. The minimum atomic E-state index is 0.707. The van der Waals surface area contributed by atoms with E-state index in [4.69, 9.17) is 0 Å². The first-order chi connectivity index (χ1) is 9.35. The molecule has 2 fully saturated rings. The molecule has 2 aliphatic rings. The number of aryl methyl sites for hydroxylation is 1.